The van der Waals surface area contributed by atoms with Crippen LogP contribution in [0, 0.1) is 0 Å². The molecule has 1 heterocycles. The molecule has 2 N–H and O–H groups in total. The van der Waals surface area contributed by atoms with E-state index in [1.165, 1.54) is 12.1 Å². The van der Waals surface area contributed by atoms with Gasteiger partial charge in [0.25, 0.3) is 11.8 Å². The molecule has 0 radical (unpaired) electrons. The van der Waals surface area contributed by atoms with Crippen molar-refractivity contribution in [2.75, 3.05) is 7.05 Å². The minimum Gasteiger partial charge on any atom is -0.355 e. The number of hydrogen-bond donors (Lipinski definition) is 2. The van der Waals surface area contributed by atoms with Crippen LogP contribution < -0.4 is 10.6 Å². The van der Waals surface area contributed by atoms with Gasteiger partial charge >= 0.3 is 0 Å². The number of carbonyl (C=O) groups is 2. The van der Waals surface area contributed by atoms with Gasteiger partial charge in [0.2, 0.25) is 0 Å². The molecule has 5 nitrogen and oxygen atoms in total. The van der Waals surface area contributed by atoms with Gasteiger partial charge in [-0.3, -0.25) is 9.59 Å². The van der Waals surface area contributed by atoms with Gasteiger partial charge in [-0.1, -0.05) is 35.3 Å². The summed E-state index contributed by atoms with van der Waals surface area (Å²) >= 11 is 11.7. The molecule has 114 valence electrons. The summed E-state index contributed by atoms with van der Waals surface area (Å²) in [5.74, 6) is -0.576. The van der Waals surface area contributed by atoms with E-state index in [2.05, 4.69) is 15.6 Å². The standard InChI is InChI=1S/C15H13Cl2N3O2/c1-18-14(21)10-4-2-9(3-5-10)8-19-15(22)13-11(16)6-7-12(17)20-13/h2-7H,8H2,1H3,(H,18,21)(H,19,22). The van der Waals surface area contributed by atoms with E-state index in [1.807, 2.05) is 0 Å². The van der Waals surface area contributed by atoms with E-state index >= 15 is 0 Å². The molecule has 0 aliphatic heterocycles. The summed E-state index contributed by atoms with van der Waals surface area (Å²) in [5, 5.41) is 5.67. The molecule has 7 heteroatoms. The van der Waals surface area contributed by atoms with Gasteiger partial charge in [0.15, 0.2) is 0 Å². The molecule has 2 rings (SSSR count). The number of hydrogen-bond acceptors (Lipinski definition) is 3. The number of carbonyl (C=O) groups excluding carboxylic acids is 2. The van der Waals surface area contributed by atoms with Gasteiger partial charge in [-0.25, -0.2) is 4.98 Å². The fourth-order valence-corrected chi connectivity index (χ4v) is 2.10. The van der Waals surface area contributed by atoms with Gasteiger partial charge in [0, 0.05) is 19.2 Å². The average Bonchev–Trinajstić information content (AvgIpc) is 2.54. The smallest absolute Gasteiger partial charge is 0.271 e. The van der Waals surface area contributed by atoms with Gasteiger partial charge in [-0.15, -0.1) is 0 Å². The van der Waals surface area contributed by atoms with Crippen molar-refractivity contribution in [2.45, 2.75) is 6.54 Å². The minimum atomic E-state index is -0.414. The predicted molar refractivity (Wildman–Crippen MR) is 85.3 cm³/mol. The van der Waals surface area contributed by atoms with Crippen molar-refractivity contribution in [1.29, 1.82) is 0 Å². The van der Waals surface area contributed by atoms with E-state index in [-0.39, 0.29) is 28.3 Å². The molecule has 0 saturated carbocycles. The lowest BCUT2D eigenvalue weighted by Crippen LogP contribution is -2.24. The normalized spacial score (nSPS) is 10.1. The topological polar surface area (TPSA) is 71.1 Å². The first kappa shape index (κ1) is 16.3. The summed E-state index contributed by atoms with van der Waals surface area (Å²) in [5.41, 5.74) is 1.48. The molecule has 0 aliphatic carbocycles. The molecule has 2 amide bonds. The van der Waals surface area contributed by atoms with Crippen LogP contribution >= 0.6 is 23.2 Å². The molecular weight excluding hydrogens is 325 g/mol. The highest BCUT2D eigenvalue weighted by atomic mass is 35.5. The maximum Gasteiger partial charge on any atom is 0.271 e. The average molecular weight is 338 g/mol. The summed E-state index contributed by atoms with van der Waals surface area (Å²) in [4.78, 5) is 27.4. The first-order valence-electron chi connectivity index (χ1n) is 6.42. The Morgan fingerprint density at radius 2 is 1.73 bits per heavy atom. The molecule has 0 bridgehead atoms. The maximum atomic E-state index is 12.0. The first-order chi connectivity index (χ1) is 10.5. The Morgan fingerprint density at radius 3 is 2.36 bits per heavy atom. The molecule has 0 spiro atoms. The Hall–Kier alpha value is -2.11. The van der Waals surface area contributed by atoms with E-state index in [4.69, 9.17) is 23.2 Å². The number of aromatic nitrogens is 1. The summed E-state index contributed by atoms with van der Waals surface area (Å²) in [6, 6.07) is 9.92. The van der Waals surface area contributed by atoms with Gasteiger partial charge in [-0.05, 0) is 29.8 Å². The number of benzene rings is 1. The van der Waals surface area contributed by atoms with Crippen molar-refractivity contribution in [2.24, 2.45) is 0 Å². The van der Waals surface area contributed by atoms with Crippen molar-refractivity contribution in [3.05, 3.63) is 63.4 Å². The summed E-state index contributed by atoms with van der Waals surface area (Å²) < 4.78 is 0. The van der Waals surface area contributed by atoms with Gasteiger partial charge in [0.1, 0.15) is 10.8 Å². The molecule has 0 fully saturated rings. The van der Waals surface area contributed by atoms with Crippen molar-refractivity contribution < 1.29 is 9.59 Å². The monoisotopic (exact) mass is 337 g/mol. The van der Waals surface area contributed by atoms with E-state index in [0.717, 1.165) is 5.56 Å². The fourth-order valence-electron chi connectivity index (χ4n) is 1.76. The van der Waals surface area contributed by atoms with Crippen LogP contribution in [-0.4, -0.2) is 23.8 Å². The molecule has 0 saturated heterocycles. The van der Waals surface area contributed by atoms with E-state index in [0.29, 0.717) is 5.56 Å². The van der Waals surface area contributed by atoms with Crippen LogP contribution in [0.15, 0.2) is 36.4 Å². The highest BCUT2D eigenvalue weighted by Crippen LogP contribution is 2.16. The third kappa shape index (κ3) is 3.96. The largest absolute Gasteiger partial charge is 0.355 e. The van der Waals surface area contributed by atoms with Crippen LogP contribution in [0.2, 0.25) is 10.2 Å². The van der Waals surface area contributed by atoms with Crippen LogP contribution in [0.5, 0.6) is 0 Å². The Bertz CT molecular complexity index is 702. The van der Waals surface area contributed by atoms with Crippen LogP contribution in [0.25, 0.3) is 0 Å². The van der Waals surface area contributed by atoms with Crippen molar-refractivity contribution >= 4 is 35.0 Å². The van der Waals surface area contributed by atoms with Crippen LogP contribution in [0.4, 0.5) is 0 Å². The summed E-state index contributed by atoms with van der Waals surface area (Å²) in [7, 11) is 1.57. The maximum absolute atomic E-state index is 12.0. The Morgan fingerprint density at radius 1 is 1.05 bits per heavy atom. The molecule has 2 aromatic rings. The number of pyridine rings is 1. The SMILES string of the molecule is CNC(=O)c1ccc(CNC(=O)c2nc(Cl)ccc2Cl)cc1. The van der Waals surface area contributed by atoms with E-state index < -0.39 is 5.91 Å². The third-order valence-corrected chi connectivity index (χ3v) is 3.44. The second-order valence-electron chi connectivity index (χ2n) is 4.42. The number of nitrogens with zero attached hydrogens (tertiary/aromatic N) is 1. The van der Waals surface area contributed by atoms with Gasteiger partial charge < -0.3 is 10.6 Å². The van der Waals surface area contributed by atoms with Crippen molar-refractivity contribution in [3.8, 4) is 0 Å². The molecule has 0 aliphatic rings. The predicted octanol–water partition coefficient (Wildman–Crippen LogP) is 2.68. The number of halogens is 2. The zero-order chi connectivity index (χ0) is 16.1. The Kier molecular flexibility index (Phi) is 5.35. The van der Waals surface area contributed by atoms with E-state index in [9.17, 15) is 9.59 Å². The second-order valence-corrected chi connectivity index (χ2v) is 5.22. The number of amides is 2. The zero-order valence-electron chi connectivity index (χ0n) is 11.7. The van der Waals surface area contributed by atoms with Crippen molar-refractivity contribution in [1.82, 2.24) is 15.6 Å². The van der Waals surface area contributed by atoms with Gasteiger partial charge in [0.05, 0.1) is 5.02 Å². The molecular formula is C15H13Cl2N3O2. The highest BCUT2D eigenvalue weighted by Gasteiger charge is 2.12. The number of rotatable bonds is 4. The Balaban J connectivity index is 2.02. The van der Waals surface area contributed by atoms with Crippen LogP contribution in [-0.2, 0) is 6.54 Å². The van der Waals surface area contributed by atoms with E-state index in [1.54, 1.807) is 31.3 Å². The lowest BCUT2D eigenvalue weighted by atomic mass is 10.1. The van der Waals surface area contributed by atoms with Crippen LogP contribution in [0.3, 0.4) is 0 Å². The molecule has 0 atom stereocenters. The van der Waals surface area contributed by atoms with Gasteiger partial charge in [-0.2, -0.15) is 0 Å². The third-order valence-electron chi connectivity index (χ3n) is 2.92. The molecule has 0 unspecified atom stereocenters. The highest BCUT2D eigenvalue weighted by molar-refractivity contribution is 6.34. The molecule has 22 heavy (non-hydrogen) atoms. The fraction of sp³-hybridized carbons (Fsp3) is 0.133. The molecule has 1 aromatic carbocycles. The lowest BCUT2D eigenvalue weighted by molar-refractivity contribution is 0.0942. The number of nitrogens with one attached hydrogen (secondary N) is 2. The van der Waals surface area contributed by atoms with Crippen LogP contribution in [0.1, 0.15) is 26.4 Å². The Labute approximate surface area is 137 Å². The minimum absolute atomic E-state index is 0.0798. The van der Waals surface area contributed by atoms with Crippen molar-refractivity contribution in [3.63, 3.8) is 0 Å². The second kappa shape index (κ2) is 7.24. The summed E-state index contributed by atoms with van der Waals surface area (Å²) in [6.45, 7) is 0.289. The first-order valence-corrected chi connectivity index (χ1v) is 7.18. The lowest BCUT2D eigenvalue weighted by Gasteiger charge is -2.07. The molecule has 1 aromatic heterocycles. The quantitative estimate of drug-likeness (QED) is 0.842. The zero-order valence-corrected chi connectivity index (χ0v) is 13.2. The summed E-state index contributed by atoms with van der Waals surface area (Å²) in [6.07, 6.45) is 0.